The molecule has 0 saturated carbocycles. The first-order chi connectivity index (χ1) is 12.5. The number of likely N-dealkylation sites (tertiary alicyclic amines) is 1. The van der Waals surface area contributed by atoms with Crippen molar-refractivity contribution in [1.82, 2.24) is 9.88 Å². The highest BCUT2D eigenvalue weighted by molar-refractivity contribution is 6.39. The molecular weight excluding hydrogens is 330 g/mol. The summed E-state index contributed by atoms with van der Waals surface area (Å²) in [5.74, 6) is -1.25. The van der Waals surface area contributed by atoms with Crippen LogP contribution < -0.4 is 5.32 Å². The summed E-state index contributed by atoms with van der Waals surface area (Å²) in [5, 5.41) is 2.54. The molecule has 2 heterocycles. The number of aromatic nitrogens is 1. The second kappa shape index (κ2) is 7.91. The van der Waals surface area contributed by atoms with E-state index in [1.54, 1.807) is 18.3 Å². The standard InChI is InChI=1S/C20H21N3O3/c1-14-4-6-15(7-5-14)18(24)16-8-11-23(12-9-16)20(26)19(25)22-17-3-2-10-21-13-17/h2-7,10,13,16H,8-9,11-12H2,1H3,(H,22,25). The van der Waals surface area contributed by atoms with Crippen LogP contribution in [-0.4, -0.2) is 40.6 Å². The zero-order valence-corrected chi connectivity index (χ0v) is 14.6. The minimum Gasteiger partial charge on any atom is -0.334 e. The molecule has 0 aliphatic carbocycles. The number of rotatable bonds is 3. The van der Waals surface area contributed by atoms with Gasteiger partial charge in [-0.3, -0.25) is 19.4 Å². The van der Waals surface area contributed by atoms with E-state index < -0.39 is 11.8 Å². The first kappa shape index (κ1) is 17.8. The Morgan fingerprint density at radius 1 is 1.08 bits per heavy atom. The molecular formula is C20H21N3O3. The van der Waals surface area contributed by atoms with Gasteiger partial charge in [-0.25, -0.2) is 0 Å². The number of anilines is 1. The topological polar surface area (TPSA) is 79.4 Å². The lowest BCUT2D eigenvalue weighted by molar-refractivity contribution is -0.144. The van der Waals surface area contributed by atoms with Gasteiger partial charge in [-0.1, -0.05) is 29.8 Å². The molecule has 134 valence electrons. The van der Waals surface area contributed by atoms with E-state index in [1.807, 2.05) is 31.2 Å². The van der Waals surface area contributed by atoms with Gasteiger partial charge in [0.1, 0.15) is 0 Å². The van der Waals surface area contributed by atoms with Crippen LogP contribution in [0.5, 0.6) is 0 Å². The second-order valence-corrected chi connectivity index (χ2v) is 6.49. The van der Waals surface area contributed by atoms with E-state index in [-0.39, 0.29) is 11.7 Å². The van der Waals surface area contributed by atoms with Crippen LogP contribution in [0.2, 0.25) is 0 Å². The molecule has 26 heavy (non-hydrogen) atoms. The maximum atomic E-state index is 12.6. The van der Waals surface area contributed by atoms with E-state index in [0.717, 1.165) is 5.56 Å². The van der Waals surface area contributed by atoms with Gasteiger partial charge in [0, 0.05) is 30.8 Å². The van der Waals surface area contributed by atoms with Crippen LogP contribution in [0.15, 0.2) is 48.8 Å². The zero-order chi connectivity index (χ0) is 18.5. The van der Waals surface area contributed by atoms with Crippen molar-refractivity contribution in [2.45, 2.75) is 19.8 Å². The largest absolute Gasteiger partial charge is 0.334 e. The maximum absolute atomic E-state index is 12.6. The van der Waals surface area contributed by atoms with Gasteiger partial charge in [0.25, 0.3) is 0 Å². The van der Waals surface area contributed by atoms with Gasteiger partial charge >= 0.3 is 11.8 Å². The van der Waals surface area contributed by atoms with Crippen molar-refractivity contribution >= 4 is 23.3 Å². The Labute approximate surface area is 152 Å². The summed E-state index contributed by atoms with van der Waals surface area (Å²) in [4.78, 5) is 42.4. The summed E-state index contributed by atoms with van der Waals surface area (Å²) >= 11 is 0. The Morgan fingerprint density at radius 2 is 1.77 bits per heavy atom. The van der Waals surface area contributed by atoms with Crippen molar-refractivity contribution in [3.05, 3.63) is 59.9 Å². The van der Waals surface area contributed by atoms with E-state index in [2.05, 4.69) is 10.3 Å². The first-order valence-electron chi connectivity index (χ1n) is 8.66. The van der Waals surface area contributed by atoms with Crippen molar-refractivity contribution in [3.63, 3.8) is 0 Å². The molecule has 1 aliphatic heterocycles. The number of ketones is 1. The first-order valence-corrected chi connectivity index (χ1v) is 8.66. The molecule has 2 amide bonds. The molecule has 0 radical (unpaired) electrons. The van der Waals surface area contributed by atoms with Crippen molar-refractivity contribution in [2.75, 3.05) is 18.4 Å². The van der Waals surface area contributed by atoms with E-state index >= 15 is 0 Å². The van der Waals surface area contributed by atoms with Gasteiger partial charge in [-0.2, -0.15) is 0 Å². The quantitative estimate of drug-likeness (QED) is 0.680. The molecule has 1 N–H and O–H groups in total. The molecule has 0 unspecified atom stereocenters. The van der Waals surface area contributed by atoms with Crippen molar-refractivity contribution in [2.24, 2.45) is 5.92 Å². The average molecular weight is 351 g/mol. The van der Waals surface area contributed by atoms with Crippen LogP contribution in [0.25, 0.3) is 0 Å². The monoisotopic (exact) mass is 351 g/mol. The number of Topliss-reactive ketones (excluding diaryl/α,β-unsaturated/α-hetero) is 1. The predicted molar refractivity (Wildman–Crippen MR) is 97.7 cm³/mol. The number of aryl methyl sites for hydroxylation is 1. The lowest BCUT2D eigenvalue weighted by Crippen LogP contribution is -2.45. The lowest BCUT2D eigenvalue weighted by atomic mass is 9.88. The molecule has 0 spiro atoms. The van der Waals surface area contributed by atoms with Crippen molar-refractivity contribution < 1.29 is 14.4 Å². The number of amides is 2. The van der Waals surface area contributed by atoms with Crippen LogP contribution >= 0.6 is 0 Å². The minimum absolute atomic E-state index is 0.108. The van der Waals surface area contributed by atoms with Crippen LogP contribution in [0, 0.1) is 12.8 Å². The Hall–Kier alpha value is -3.02. The van der Waals surface area contributed by atoms with E-state index in [0.29, 0.717) is 37.2 Å². The number of piperidine rings is 1. The summed E-state index contributed by atoms with van der Waals surface area (Å²) in [6.07, 6.45) is 4.21. The third-order valence-corrected chi connectivity index (χ3v) is 4.60. The summed E-state index contributed by atoms with van der Waals surface area (Å²) in [6, 6.07) is 10.9. The highest BCUT2D eigenvalue weighted by atomic mass is 16.2. The third kappa shape index (κ3) is 4.14. The SMILES string of the molecule is Cc1ccc(C(=O)C2CCN(C(=O)C(=O)Nc3cccnc3)CC2)cc1. The lowest BCUT2D eigenvalue weighted by Gasteiger charge is -2.30. The highest BCUT2D eigenvalue weighted by Crippen LogP contribution is 2.22. The number of pyridine rings is 1. The molecule has 0 bridgehead atoms. The van der Waals surface area contributed by atoms with Crippen molar-refractivity contribution in [1.29, 1.82) is 0 Å². The van der Waals surface area contributed by atoms with Crippen molar-refractivity contribution in [3.8, 4) is 0 Å². The zero-order valence-electron chi connectivity index (χ0n) is 14.6. The Morgan fingerprint density at radius 3 is 2.38 bits per heavy atom. The molecule has 0 atom stereocenters. The summed E-state index contributed by atoms with van der Waals surface area (Å²) in [7, 11) is 0. The molecule has 1 aromatic carbocycles. The van der Waals surface area contributed by atoms with Gasteiger partial charge in [-0.15, -0.1) is 0 Å². The summed E-state index contributed by atoms with van der Waals surface area (Å²) in [6.45, 7) is 2.79. The van der Waals surface area contributed by atoms with Crippen LogP contribution in [0.3, 0.4) is 0 Å². The number of carbonyl (C=O) groups excluding carboxylic acids is 3. The van der Waals surface area contributed by atoms with Gasteiger partial charge < -0.3 is 10.2 Å². The normalized spacial score (nSPS) is 14.7. The number of nitrogens with zero attached hydrogens (tertiary/aromatic N) is 2. The van der Waals surface area contributed by atoms with E-state index in [1.165, 1.54) is 11.1 Å². The van der Waals surface area contributed by atoms with Gasteiger partial charge in [0.2, 0.25) is 0 Å². The summed E-state index contributed by atoms with van der Waals surface area (Å²) in [5.41, 5.74) is 2.30. The minimum atomic E-state index is -0.679. The van der Waals surface area contributed by atoms with Gasteiger partial charge in [0.15, 0.2) is 5.78 Å². The van der Waals surface area contributed by atoms with Crippen LogP contribution in [0.4, 0.5) is 5.69 Å². The average Bonchev–Trinajstić information content (AvgIpc) is 2.68. The number of benzene rings is 1. The number of carbonyl (C=O) groups is 3. The molecule has 2 aromatic rings. The Bertz CT molecular complexity index is 795. The van der Waals surface area contributed by atoms with Gasteiger partial charge in [-0.05, 0) is 31.9 Å². The second-order valence-electron chi connectivity index (χ2n) is 6.49. The maximum Gasteiger partial charge on any atom is 0.313 e. The molecule has 1 saturated heterocycles. The molecule has 6 nitrogen and oxygen atoms in total. The highest BCUT2D eigenvalue weighted by Gasteiger charge is 2.30. The van der Waals surface area contributed by atoms with Gasteiger partial charge in [0.05, 0.1) is 11.9 Å². The molecule has 3 rings (SSSR count). The fourth-order valence-electron chi connectivity index (χ4n) is 3.06. The molecule has 1 aliphatic rings. The molecule has 1 aromatic heterocycles. The number of nitrogens with one attached hydrogen (secondary N) is 1. The number of hydrogen-bond acceptors (Lipinski definition) is 4. The van der Waals surface area contributed by atoms with Crippen LogP contribution in [-0.2, 0) is 9.59 Å². The summed E-state index contributed by atoms with van der Waals surface area (Å²) < 4.78 is 0. The van der Waals surface area contributed by atoms with E-state index in [4.69, 9.17) is 0 Å². The molecule has 1 fully saturated rings. The Kier molecular flexibility index (Phi) is 5.41. The fraction of sp³-hybridized carbons (Fsp3) is 0.300. The predicted octanol–water partition coefficient (Wildman–Crippen LogP) is 2.45. The Balaban J connectivity index is 1.54. The molecule has 6 heteroatoms. The van der Waals surface area contributed by atoms with Crippen LogP contribution in [0.1, 0.15) is 28.8 Å². The van der Waals surface area contributed by atoms with E-state index in [9.17, 15) is 14.4 Å². The number of hydrogen-bond donors (Lipinski definition) is 1. The fourth-order valence-corrected chi connectivity index (χ4v) is 3.06. The third-order valence-electron chi connectivity index (χ3n) is 4.60. The smallest absolute Gasteiger partial charge is 0.313 e.